The zero-order valence-electron chi connectivity index (χ0n) is 11.3. The monoisotopic (exact) mass is 287 g/mol. The highest BCUT2D eigenvalue weighted by Gasteiger charge is 2.57. The van der Waals surface area contributed by atoms with Gasteiger partial charge in [-0.3, -0.25) is 9.59 Å². The van der Waals surface area contributed by atoms with Gasteiger partial charge in [0.1, 0.15) is 5.41 Å². The van der Waals surface area contributed by atoms with Gasteiger partial charge >= 0.3 is 5.97 Å². The first-order chi connectivity index (χ1) is 10.0. The molecule has 0 spiro atoms. The summed E-state index contributed by atoms with van der Waals surface area (Å²) >= 11 is 0. The first-order valence-corrected chi connectivity index (χ1v) is 6.47. The Morgan fingerprint density at radius 2 is 2.14 bits per heavy atom. The molecule has 1 heterocycles. The van der Waals surface area contributed by atoms with Crippen LogP contribution in [0.15, 0.2) is 28.8 Å². The van der Waals surface area contributed by atoms with Crippen LogP contribution in [0.5, 0.6) is 0 Å². The van der Waals surface area contributed by atoms with Crippen molar-refractivity contribution in [3.05, 3.63) is 30.2 Å². The molecule has 0 atom stereocenters. The van der Waals surface area contributed by atoms with Crippen LogP contribution in [0.4, 0.5) is 5.69 Å². The van der Waals surface area contributed by atoms with Gasteiger partial charge in [0.2, 0.25) is 17.6 Å². The number of hydrogen-bond donors (Lipinski definition) is 2. The Bertz CT molecular complexity index is 719. The van der Waals surface area contributed by atoms with E-state index < -0.39 is 17.3 Å². The SMILES string of the molecule is Cc1nc(-c2cccc(NC(=O)C3(C(=O)O)CC3)c2)no1. The second-order valence-corrected chi connectivity index (χ2v) is 5.06. The van der Waals surface area contributed by atoms with E-state index in [1.165, 1.54) is 0 Å². The molecule has 0 saturated heterocycles. The van der Waals surface area contributed by atoms with Crippen molar-refractivity contribution in [3.8, 4) is 11.4 Å². The quantitative estimate of drug-likeness (QED) is 0.831. The van der Waals surface area contributed by atoms with E-state index in [0.29, 0.717) is 35.8 Å². The number of carbonyl (C=O) groups excluding carboxylic acids is 1. The molecule has 7 nitrogen and oxygen atoms in total. The van der Waals surface area contributed by atoms with E-state index in [9.17, 15) is 9.59 Å². The van der Waals surface area contributed by atoms with Crippen LogP contribution in [0.2, 0.25) is 0 Å². The molecular weight excluding hydrogens is 274 g/mol. The zero-order chi connectivity index (χ0) is 15.0. The van der Waals surface area contributed by atoms with Gasteiger partial charge in [0, 0.05) is 18.2 Å². The van der Waals surface area contributed by atoms with Crippen LogP contribution >= 0.6 is 0 Å². The number of nitrogens with one attached hydrogen (secondary N) is 1. The summed E-state index contributed by atoms with van der Waals surface area (Å²) < 4.78 is 4.91. The average molecular weight is 287 g/mol. The lowest BCUT2D eigenvalue weighted by molar-refractivity contribution is -0.147. The number of aromatic nitrogens is 2. The van der Waals surface area contributed by atoms with Gasteiger partial charge in [-0.2, -0.15) is 4.98 Å². The van der Waals surface area contributed by atoms with E-state index >= 15 is 0 Å². The Labute approximate surface area is 120 Å². The largest absolute Gasteiger partial charge is 0.480 e. The fourth-order valence-corrected chi connectivity index (χ4v) is 2.07. The predicted octanol–water partition coefficient (Wildman–Crippen LogP) is 1.85. The smallest absolute Gasteiger partial charge is 0.319 e. The standard InChI is InChI=1S/C14H13N3O4/c1-8-15-11(17-21-8)9-3-2-4-10(7-9)16-12(18)14(5-6-14)13(19)20/h2-4,7H,5-6H2,1H3,(H,16,18)(H,19,20). The molecule has 1 fully saturated rings. The molecule has 2 N–H and O–H groups in total. The first-order valence-electron chi connectivity index (χ1n) is 6.47. The Hall–Kier alpha value is -2.70. The van der Waals surface area contributed by atoms with Crippen molar-refractivity contribution in [1.29, 1.82) is 0 Å². The molecule has 2 aromatic rings. The molecule has 0 unspecified atom stereocenters. The second kappa shape index (κ2) is 4.69. The predicted molar refractivity (Wildman–Crippen MR) is 72.4 cm³/mol. The van der Waals surface area contributed by atoms with Gasteiger partial charge in [0.15, 0.2) is 0 Å². The van der Waals surface area contributed by atoms with Crippen molar-refractivity contribution in [2.24, 2.45) is 5.41 Å². The van der Waals surface area contributed by atoms with Crippen LogP contribution < -0.4 is 5.32 Å². The number of rotatable bonds is 4. The third-order valence-electron chi connectivity index (χ3n) is 3.50. The highest BCUT2D eigenvalue weighted by molar-refractivity contribution is 6.10. The van der Waals surface area contributed by atoms with Crippen LogP contribution in [0.25, 0.3) is 11.4 Å². The third-order valence-corrected chi connectivity index (χ3v) is 3.50. The molecule has 108 valence electrons. The number of aryl methyl sites for hydroxylation is 1. The van der Waals surface area contributed by atoms with E-state index in [-0.39, 0.29) is 0 Å². The Morgan fingerprint density at radius 3 is 2.71 bits per heavy atom. The summed E-state index contributed by atoms with van der Waals surface area (Å²) in [6.45, 7) is 1.69. The zero-order valence-corrected chi connectivity index (χ0v) is 11.3. The fourth-order valence-electron chi connectivity index (χ4n) is 2.07. The summed E-state index contributed by atoms with van der Waals surface area (Å²) in [4.78, 5) is 27.3. The van der Waals surface area contributed by atoms with E-state index in [2.05, 4.69) is 15.5 Å². The number of carboxylic acids is 1. The second-order valence-electron chi connectivity index (χ2n) is 5.06. The van der Waals surface area contributed by atoms with Gasteiger partial charge < -0.3 is 14.9 Å². The summed E-state index contributed by atoms with van der Waals surface area (Å²) in [6, 6.07) is 6.88. The van der Waals surface area contributed by atoms with Crippen molar-refractivity contribution >= 4 is 17.6 Å². The van der Waals surface area contributed by atoms with E-state index in [4.69, 9.17) is 9.63 Å². The van der Waals surface area contributed by atoms with Crippen molar-refractivity contribution in [2.45, 2.75) is 19.8 Å². The van der Waals surface area contributed by atoms with Crippen molar-refractivity contribution in [1.82, 2.24) is 10.1 Å². The molecule has 1 saturated carbocycles. The van der Waals surface area contributed by atoms with E-state index in [0.717, 1.165) is 0 Å². The number of hydrogen-bond acceptors (Lipinski definition) is 5. The average Bonchev–Trinajstić information content (AvgIpc) is 3.16. The molecule has 1 aliphatic carbocycles. The molecule has 0 aliphatic heterocycles. The molecular formula is C14H13N3O4. The minimum absolute atomic E-state index is 0.373. The van der Waals surface area contributed by atoms with Crippen LogP contribution in [0.3, 0.4) is 0 Å². The van der Waals surface area contributed by atoms with Crippen LogP contribution in [0, 0.1) is 12.3 Å². The lowest BCUT2D eigenvalue weighted by atomic mass is 10.1. The summed E-state index contributed by atoms with van der Waals surface area (Å²) in [5.41, 5.74) is -0.0732. The lowest BCUT2D eigenvalue weighted by Crippen LogP contribution is -2.31. The van der Waals surface area contributed by atoms with Crippen molar-refractivity contribution < 1.29 is 19.2 Å². The minimum atomic E-state index is -1.27. The first kappa shape index (κ1) is 13.3. The Kier molecular flexibility index (Phi) is 2.97. The van der Waals surface area contributed by atoms with Gasteiger partial charge in [-0.15, -0.1) is 0 Å². The summed E-state index contributed by atoms with van der Waals surface area (Å²) in [5, 5.41) is 15.5. The maximum Gasteiger partial charge on any atom is 0.319 e. The Balaban J connectivity index is 1.81. The van der Waals surface area contributed by atoms with Gasteiger partial charge in [-0.25, -0.2) is 0 Å². The normalized spacial score (nSPS) is 15.5. The van der Waals surface area contributed by atoms with Gasteiger partial charge in [0.05, 0.1) is 0 Å². The summed E-state index contributed by atoms with van der Waals surface area (Å²) in [5.74, 6) is -0.702. The molecule has 3 rings (SSSR count). The number of anilines is 1. The maximum absolute atomic E-state index is 12.0. The van der Waals surface area contributed by atoms with Crippen molar-refractivity contribution in [2.75, 3.05) is 5.32 Å². The number of benzene rings is 1. The van der Waals surface area contributed by atoms with Crippen LogP contribution in [-0.4, -0.2) is 27.1 Å². The molecule has 0 bridgehead atoms. The number of carboxylic acid groups (broad SMARTS) is 1. The van der Waals surface area contributed by atoms with E-state index in [1.54, 1.807) is 31.2 Å². The number of carbonyl (C=O) groups is 2. The highest BCUT2D eigenvalue weighted by Crippen LogP contribution is 2.46. The van der Waals surface area contributed by atoms with E-state index in [1.807, 2.05) is 0 Å². The topological polar surface area (TPSA) is 105 Å². The molecule has 7 heteroatoms. The highest BCUT2D eigenvalue weighted by atomic mass is 16.5. The van der Waals surface area contributed by atoms with Crippen LogP contribution in [-0.2, 0) is 9.59 Å². The van der Waals surface area contributed by atoms with Crippen LogP contribution in [0.1, 0.15) is 18.7 Å². The number of amides is 1. The van der Waals surface area contributed by atoms with Crippen molar-refractivity contribution in [3.63, 3.8) is 0 Å². The molecule has 1 aromatic heterocycles. The van der Waals surface area contributed by atoms with Gasteiger partial charge in [-0.1, -0.05) is 17.3 Å². The molecule has 1 aromatic carbocycles. The van der Waals surface area contributed by atoms with Gasteiger partial charge in [0.25, 0.3) is 0 Å². The fraction of sp³-hybridized carbons (Fsp3) is 0.286. The Morgan fingerprint density at radius 1 is 1.38 bits per heavy atom. The number of nitrogens with zero attached hydrogens (tertiary/aromatic N) is 2. The molecule has 0 radical (unpaired) electrons. The molecule has 21 heavy (non-hydrogen) atoms. The third kappa shape index (κ3) is 2.37. The maximum atomic E-state index is 12.0. The molecule has 1 amide bonds. The lowest BCUT2D eigenvalue weighted by Gasteiger charge is -2.11. The summed E-state index contributed by atoms with van der Waals surface area (Å²) in [7, 11) is 0. The molecule has 1 aliphatic rings. The number of aliphatic carboxylic acids is 1. The summed E-state index contributed by atoms with van der Waals surface area (Å²) in [6.07, 6.45) is 0.746. The van der Waals surface area contributed by atoms with Gasteiger partial charge in [-0.05, 0) is 25.0 Å². The minimum Gasteiger partial charge on any atom is -0.480 e.